The van der Waals surface area contributed by atoms with Crippen molar-refractivity contribution in [2.75, 3.05) is 20.6 Å². The molecule has 0 saturated heterocycles. The molecule has 2 aromatic carbocycles. The molecule has 0 aliphatic rings. The van der Waals surface area contributed by atoms with Crippen molar-refractivity contribution >= 4 is 21.8 Å². The minimum absolute atomic E-state index is 1.06. The minimum Gasteiger partial charge on any atom is -0.359 e. The summed E-state index contributed by atoms with van der Waals surface area (Å²) in [7, 11) is 4.25. The van der Waals surface area contributed by atoms with E-state index in [1.54, 1.807) is 0 Å². The van der Waals surface area contributed by atoms with Gasteiger partial charge in [0.25, 0.3) is 0 Å². The summed E-state index contributed by atoms with van der Waals surface area (Å²) in [5.74, 6) is 0. The normalized spacial score (nSPS) is 11.8. The van der Waals surface area contributed by atoms with E-state index in [9.17, 15) is 0 Å². The number of para-hydroxylation sites is 2. The Kier molecular flexibility index (Phi) is 3.43. The van der Waals surface area contributed by atoms with Crippen LogP contribution in [0.2, 0.25) is 0 Å². The van der Waals surface area contributed by atoms with E-state index in [2.05, 4.69) is 89.5 Å². The zero-order valence-corrected chi connectivity index (χ0v) is 13.6. The summed E-state index contributed by atoms with van der Waals surface area (Å²) in [5.41, 5.74) is 5.06. The molecule has 1 N–H and O–H groups in total. The summed E-state index contributed by atoms with van der Waals surface area (Å²) < 4.78 is 2.32. The number of H-pyrrole nitrogens is 1. The summed E-state index contributed by atoms with van der Waals surface area (Å²) >= 11 is 0. The Bertz CT molecular complexity index is 959. The monoisotopic (exact) mass is 303 g/mol. The Balaban J connectivity index is 1.90. The first-order valence-electron chi connectivity index (χ1n) is 8.04. The number of likely N-dealkylation sites (N-methyl/N-ethyl adjacent to an activating group) is 1. The standard InChI is InChI=1S/C20H21N3/c1-22(2)12-11-15-14-23(19-10-6-4-7-16(15)19)20-13-21-18-9-5-3-8-17(18)20/h3-10,13-14,21H,11-12H2,1-2H3. The molecule has 0 fully saturated rings. The minimum atomic E-state index is 1.06. The number of aromatic nitrogens is 2. The maximum atomic E-state index is 3.38. The average Bonchev–Trinajstić information content (AvgIpc) is 3.14. The smallest absolute Gasteiger partial charge is 0.0709 e. The number of rotatable bonds is 4. The first-order chi connectivity index (χ1) is 11.2. The van der Waals surface area contributed by atoms with Crippen LogP contribution in [0.4, 0.5) is 0 Å². The highest BCUT2D eigenvalue weighted by molar-refractivity contribution is 5.93. The molecule has 3 nitrogen and oxygen atoms in total. The molecular formula is C20H21N3. The molecule has 0 radical (unpaired) electrons. The van der Waals surface area contributed by atoms with Crippen LogP contribution < -0.4 is 0 Å². The van der Waals surface area contributed by atoms with Crippen LogP contribution in [0.5, 0.6) is 0 Å². The van der Waals surface area contributed by atoms with Gasteiger partial charge in [0.15, 0.2) is 0 Å². The highest BCUT2D eigenvalue weighted by atomic mass is 15.0. The molecule has 4 aromatic rings. The van der Waals surface area contributed by atoms with Crippen LogP contribution in [0.15, 0.2) is 60.9 Å². The van der Waals surface area contributed by atoms with Crippen molar-refractivity contribution in [1.82, 2.24) is 14.5 Å². The predicted molar refractivity (Wildman–Crippen MR) is 97.4 cm³/mol. The molecule has 3 heteroatoms. The number of benzene rings is 2. The van der Waals surface area contributed by atoms with Gasteiger partial charge in [-0.3, -0.25) is 0 Å². The quantitative estimate of drug-likeness (QED) is 0.600. The van der Waals surface area contributed by atoms with Gasteiger partial charge in [0.05, 0.1) is 11.2 Å². The highest BCUT2D eigenvalue weighted by Crippen LogP contribution is 2.29. The van der Waals surface area contributed by atoms with E-state index in [1.807, 2.05) is 0 Å². The molecule has 0 aliphatic carbocycles. The number of nitrogens with one attached hydrogen (secondary N) is 1. The molecule has 0 unspecified atom stereocenters. The molecule has 0 saturated carbocycles. The van der Waals surface area contributed by atoms with Gasteiger partial charge in [-0.15, -0.1) is 0 Å². The lowest BCUT2D eigenvalue weighted by Crippen LogP contribution is -2.14. The van der Waals surface area contributed by atoms with Gasteiger partial charge >= 0.3 is 0 Å². The zero-order valence-electron chi connectivity index (χ0n) is 13.6. The van der Waals surface area contributed by atoms with Crippen LogP contribution in [0.1, 0.15) is 5.56 Å². The second-order valence-corrected chi connectivity index (χ2v) is 6.31. The molecule has 0 bridgehead atoms. The summed E-state index contributed by atoms with van der Waals surface area (Å²) in [5, 5.41) is 2.60. The van der Waals surface area contributed by atoms with E-state index in [0.29, 0.717) is 0 Å². The second-order valence-electron chi connectivity index (χ2n) is 6.31. The maximum absolute atomic E-state index is 3.38. The topological polar surface area (TPSA) is 24.0 Å². The fourth-order valence-corrected chi connectivity index (χ4v) is 3.25. The van der Waals surface area contributed by atoms with Crippen LogP contribution in [-0.2, 0) is 6.42 Å². The van der Waals surface area contributed by atoms with E-state index in [-0.39, 0.29) is 0 Å². The molecule has 116 valence electrons. The third-order valence-corrected chi connectivity index (χ3v) is 4.45. The van der Waals surface area contributed by atoms with Crippen molar-refractivity contribution in [2.45, 2.75) is 6.42 Å². The second kappa shape index (κ2) is 5.60. The van der Waals surface area contributed by atoms with Crippen LogP contribution in [0.25, 0.3) is 27.5 Å². The van der Waals surface area contributed by atoms with Crippen molar-refractivity contribution in [3.63, 3.8) is 0 Å². The van der Waals surface area contributed by atoms with Crippen molar-refractivity contribution in [1.29, 1.82) is 0 Å². The van der Waals surface area contributed by atoms with E-state index < -0.39 is 0 Å². The highest BCUT2D eigenvalue weighted by Gasteiger charge is 2.12. The van der Waals surface area contributed by atoms with Crippen molar-refractivity contribution in [3.05, 3.63) is 66.5 Å². The lowest BCUT2D eigenvalue weighted by molar-refractivity contribution is 0.414. The Morgan fingerprint density at radius 2 is 1.70 bits per heavy atom. The summed E-state index contributed by atoms with van der Waals surface area (Å²) in [6, 6.07) is 17.1. The fraction of sp³-hybridized carbons (Fsp3) is 0.200. The fourth-order valence-electron chi connectivity index (χ4n) is 3.25. The van der Waals surface area contributed by atoms with Gasteiger partial charge in [0.2, 0.25) is 0 Å². The third-order valence-electron chi connectivity index (χ3n) is 4.45. The van der Waals surface area contributed by atoms with Gasteiger partial charge in [0, 0.05) is 35.2 Å². The number of hydrogen-bond acceptors (Lipinski definition) is 1. The number of aromatic amines is 1. The van der Waals surface area contributed by atoms with Crippen LogP contribution in [0.3, 0.4) is 0 Å². The molecule has 0 aliphatic heterocycles. The predicted octanol–water partition coefficient (Wildman–Crippen LogP) is 4.22. The first-order valence-corrected chi connectivity index (χ1v) is 8.04. The van der Waals surface area contributed by atoms with Crippen molar-refractivity contribution in [2.24, 2.45) is 0 Å². The molecule has 23 heavy (non-hydrogen) atoms. The van der Waals surface area contributed by atoms with E-state index in [4.69, 9.17) is 0 Å². The van der Waals surface area contributed by atoms with Crippen LogP contribution in [-0.4, -0.2) is 35.1 Å². The van der Waals surface area contributed by atoms with Gasteiger partial charge in [0.1, 0.15) is 0 Å². The van der Waals surface area contributed by atoms with E-state index >= 15 is 0 Å². The van der Waals surface area contributed by atoms with Gasteiger partial charge < -0.3 is 14.5 Å². The van der Waals surface area contributed by atoms with Gasteiger partial charge in [-0.05, 0) is 38.2 Å². The SMILES string of the molecule is CN(C)CCc1cn(-c2c[nH]c3ccccc23)c2ccccc12. The lowest BCUT2D eigenvalue weighted by atomic mass is 10.1. The number of hydrogen-bond donors (Lipinski definition) is 1. The third kappa shape index (κ3) is 2.43. The first kappa shape index (κ1) is 14.1. The largest absolute Gasteiger partial charge is 0.359 e. The maximum Gasteiger partial charge on any atom is 0.0709 e. The molecule has 2 heterocycles. The Hall–Kier alpha value is -2.52. The van der Waals surface area contributed by atoms with E-state index in [1.165, 1.54) is 33.1 Å². The molecule has 0 atom stereocenters. The summed E-state index contributed by atoms with van der Waals surface area (Å²) in [4.78, 5) is 5.62. The Morgan fingerprint density at radius 1 is 0.957 bits per heavy atom. The lowest BCUT2D eigenvalue weighted by Gasteiger charge is -2.07. The zero-order chi connectivity index (χ0) is 15.8. The summed E-state index contributed by atoms with van der Waals surface area (Å²) in [6.07, 6.45) is 5.46. The van der Waals surface area contributed by atoms with Gasteiger partial charge in [-0.1, -0.05) is 36.4 Å². The summed E-state index contributed by atoms with van der Waals surface area (Å²) in [6.45, 7) is 1.06. The molecule has 0 amide bonds. The van der Waals surface area contributed by atoms with Crippen molar-refractivity contribution < 1.29 is 0 Å². The Morgan fingerprint density at radius 3 is 2.52 bits per heavy atom. The molecule has 2 aromatic heterocycles. The number of nitrogens with zero attached hydrogens (tertiary/aromatic N) is 2. The van der Waals surface area contributed by atoms with E-state index in [0.717, 1.165) is 13.0 Å². The molecular weight excluding hydrogens is 282 g/mol. The van der Waals surface area contributed by atoms with Crippen molar-refractivity contribution in [3.8, 4) is 5.69 Å². The van der Waals surface area contributed by atoms with Crippen LogP contribution >= 0.6 is 0 Å². The average molecular weight is 303 g/mol. The number of fused-ring (bicyclic) bond motifs is 2. The van der Waals surface area contributed by atoms with Gasteiger partial charge in [-0.25, -0.2) is 0 Å². The molecule has 0 spiro atoms. The Labute approximate surface area is 136 Å². The van der Waals surface area contributed by atoms with Crippen LogP contribution in [0, 0.1) is 0 Å². The molecule has 4 rings (SSSR count). The van der Waals surface area contributed by atoms with Gasteiger partial charge in [-0.2, -0.15) is 0 Å².